The molecule has 2 N–H and O–H groups in total. The number of nitrogens with one attached hydrogen (secondary N) is 1. The first kappa shape index (κ1) is 17.0. The van der Waals surface area contributed by atoms with E-state index in [1.807, 2.05) is 30.3 Å². The van der Waals surface area contributed by atoms with Crippen LogP contribution in [0.5, 0.6) is 0 Å². The van der Waals surface area contributed by atoms with Gasteiger partial charge in [-0.2, -0.15) is 0 Å². The zero-order valence-corrected chi connectivity index (χ0v) is 12.7. The molecule has 1 aromatic carbocycles. The van der Waals surface area contributed by atoms with E-state index in [2.05, 4.69) is 5.32 Å². The lowest BCUT2D eigenvalue weighted by Gasteiger charge is -2.16. The van der Waals surface area contributed by atoms with Crippen LogP contribution in [-0.2, 0) is 20.9 Å². The molecule has 7 heteroatoms. The molecule has 1 heterocycles. The third-order valence-electron chi connectivity index (χ3n) is 3.66. The van der Waals surface area contributed by atoms with Crippen molar-refractivity contribution in [2.45, 2.75) is 19.1 Å². The Labute approximate surface area is 134 Å². The van der Waals surface area contributed by atoms with Gasteiger partial charge in [0.05, 0.1) is 12.5 Å². The summed E-state index contributed by atoms with van der Waals surface area (Å²) >= 11 is 0. The summed E-state index contributed by atoms with van der Waals surface area (Å²) in [6, 6.07) is 9.36. The van der Waals surface area contributed by atoms with E-state index in [0.29, 0.717) is 19.3 Å². The van der Waals surface area contributed by atoms with Crippen LogP contribution >= 0.6 is 0 Å². The number of aliphatic hydroxyl groups excluding tert-OH is 1. The second kappa shape index (κ2) is 8.28. The predicted molar refractivity (Wildman–Crippen MR) is 81.4 cm³/mol. The molecule has 2 amide bonds. The maximum atomic E-state index is 12.0. The van der Waals surface area contributed by atoms with Crippen LogP contribution < -0.4 is 5.32 Å². The van der Waals surface area contributed by atoms with Crippen molar-refractivity contribution in [1.82, 2.24) is 10.2 Å². The Balaban J connectivity index is 1.74. The monoisotopic (exact) mass is 320 g/mol. The Hall–Kier alpha value is -2.41. The van der Waals surface area contributed by atoms with Crippen LogP contribution in [-0.4, -0.2) is 54.0 Å². The van der Waals surface area contributed by atoms with Gasteiger partial charge in [0, 0.05) is 13.1 Å². The maximum Gasteiger partial charge on any atom is 0.410 e. The van der Waals surface area contributed by atoms with E-state index in [9.17, 15) is 14.4 Å². The van der Waals surface area contributed by atoms with Gasteiger partial charge in [-0.05, 0) is 12.0 Å². The third-order valence-corrected chi connectivity index (χ3v) is 3.66. The number of carbonyl (C=O) groups is 3. The highest BCUT2D eigenvalue weighted by Crippen LogP contribution is 2.17. The number of aliphatic hydroxyl groups is 1. The van der Waals surface area contributed by atoms with E-state index >= 15 is 0 Å². The Morgan fingerprint density at radius 1 is 1.39 bits per heavy atom. The maximum absolute atomic E-state index is 12.0. The van der Waals surface area contributed by atoms with Crippen molar-refractivity contribution in [3.8, 4) is 0 Å². The fraction of sp³-hybridized carbons (Fsp3) is 0.438. The predicted octanol–water partition coefficient (Wildman–Crippen LogP) is 0.321. The summed E-state index contributed by atoms with van der Waals surface area (Å²) < 4.78 is 5.22. The van der Waals surface area contributed by atoms with Gasteiger partial charge in [0.15, 0.2) is 0 Å². The molecule has 1 unspecified atom stereocenters. The van der Waals surface area contributed by atoms with Crippen LogP contribution in [0, 0.1) is 5.92 Å². The van der Waals surface area contributed by atoms with Gasteiger partial charge in [-0.3, -0.25) is 4.79 Å². The second-order valence-electron chi connectivity index (χ2n) is 5.42. The molecule has 1 aliphatic rings. The molecule has 0 radical (unpaired) electrons. The van der Waals surface area contributed by atoms with E-state index in [4.69, 9.17) is 9.84 Å². The summed E-state index contributed by atoms with van der Waals surface area (Å²) in [5.74, 6) is -0.623. The fourth-order valence-corrected chi connectivity index (χ4v) is 2.35. The van der Waals surface area contributed by atoms with Crippen LogP contribution in [0.25, 0.3) is 0 Å². The molecule has 7 nitrogen and oxygen atoms in total. The van der Waals surface area contributed by atoms with Crippen molar-refractivity contribution >= 4 is 18.3 Å². The molecule has 124 valence electrons. The van der Waals surface area contributed by atoms with Gasteiger partial charge in [0.25, 0.3) is 0 Å². The van der Waals surface area contributed by atoms with Crippen molar-refractivity contribution in [1.29, 1.82) is 0 Å². The summed E-state index contributed by atoms with van der Waals surface area (Å²) in [6.45, 7) is 0.800. The minimum Gasteiger partial charge on any atom is -0.445 e. The summed E-state index contributed by atoms with van der Waals surface area (Å²) in [4.78, 5) is 35.7. The molecular formula is C16H20N2O5. The lowest BCUT2D eigenvalue weighted by atomic mass is 10.1. The fourth-order valence-electron chi connectivity index (χ4n) is 2.35. The standard InChI is InChI=1S/C16H20N2O5/c19-10-14(20)8-17-15(21)13-6-7-18(9-13)16(22)23-11-12-4-2-1-3-5-12/h1-5,10,13-14,20H,6-9,11H2,(H,17,21)/t13-,14?/m0/s1. The highest BCUT2D eigenvalue weighted by atomic mass is 16.6. The van der Waals surface area contributed by atoms with Crippen molar-refractivity contribution in [3.63, 3.8) is 0 Å². The van der Waals surface area contributed by atoms with E-state index in [0.717, 1.165) is 5.56 Å². The molecule has 1 aliphatic heterocycles. The number of rotatable bonds is 6. The van der Waals surface area contributed by atoms with Crippen molar-refractivity contribution in [2.24, 2.45) is 5.92 Å². The number of hydrogen-bond acceptors (Lipinski definition) is 5. The van der Waals surface area contributed by atoms with E-state index < -0.39 is 12.2 Å². The number of likely N-dealkylation sites (tertiary alicyclic amines) is 1. The lowest BCUT2D eigenvalue weighted by molar-refractivity contribution is -0.125. The van der Waals surface area contributed by atoms with Crippen LogP contribution in [0.4, 0.5) is 4.79 Å². The highest BCUT2D eigenvalue weighted by Gasteiger charge is 2.31. The molecule has 23 heavy (non-hydrogen) atoms. The van der Waals surface area contributed by atoms with Gasteiger partial charge in [-0.15, -0.1) is 0 Å². The summed E-state index contributed by atoms with van der Waals surface area (Å²) in [5.41, 5.74) is 0.900. The molecule has 0 spiro atoms. The Kier molecular flexibility index (Phi) is 6.10. The molecule has 0 aromatic heterocycles. The normalized spacial score (nSPS) is 18.3. The molecular weight excluding hydrogens is 300 g/mol. The topological polar surface area (TPSA) is 95.9 Å². The summed E-state index contributed by atoms with van der Waals surface area (Å²) in [7, 11) is 0. The van der Waals surface area contributed by atoms with Crippen LogP contribution in [0.1, 0.15) is 12.0 Å². The largest absolute Gasteiger partial charge is 0.445 e. The van der Waals surface area contributed by atoms with E-state index in [1.165, 1.54) is 4.90 Å². The lowest BCUT2D eigenvalue weighted by Crippen LogP contribution is -2.38. The van der Waals surface area contributed by atoms with Gasteiger partial charge in [0.1, 0.15) is 19.0 Å². The number of nitrogens with zero attached hydrogens (tertiary/aromatic N) is 1. The number of ether oxygens (including phenoxy) is 1. The van der Waals surface area contributed by atoms with Crippen molar-refractivity contribution < 1.29 is 24.2 Å². The average molecular weight is 320 g/mol. The SMILES string of the molecule is O=CC(O)CNC(=O)[C@H]1CCN(C(=O)OCc2ccccc2)C1. The number of benzene rings is 1. The second-order valence-corrected chi connectivity index (χ2v) is 5.42. The first-order valence-electron chi connectivity index (χ1n) is 7.47. The number of carbonyl (C=O) groups excluding carboxylic acids is 3. The van der Waals surface area contributed by atoms with Gasteiger partial charge in [-0.1, -0.05) is 30.3 Å². The first-order chi connectivity index (χ1) is 11.1. The van der Waals surface area contributed by atoms with Crippen LogP contribution in [0.15, 0.2) is 30.3 Å². The smallest absolute Gasteiger partial charge is 0.410 e. The molecule has 0 saturated carbocycles. The third kappa shape index (κ3) is 5.07. The van der Waals surface area contributed by atoms with Crippen LogP contribution in [0.2, 0.25) is 0 Å². The Morgan fingerprint density at radius 3 is 2.83 bits per heavy atom. The van der Waals surface area contributed by atoms with E-state index in [-0.39, 0.29) is 31.5 Å². The van der Waals surface area contributed by atoms with Gasteiger partial charge >= 0.3 is 6.09 Å². The number of hydrogen-bond donors (Lipinski definition) is 2. The Bertz CT molecular complexity index is 549. The molecule has 2 rings (SSSR count). The molecule has 1 aromatic rings. The summed E-state index contributed by atoms with van der Waals surface area (Å²) in [6.07, 6.45) is -0.754. The quantitative estimate of drug-likeness (QED) is 0.736. The molecule has 2 atom stereocenters. The van der Waals surface area contributed by atoms with Crippen LogP contribution in [0.3, 0.4) is 0 Å². The summed E-state index contributed by atoms with van der Waals surface area (Å²) in [5, 5.41) is 11.6. The minimum atomic E-state index is -1.20. The zero-order valence-electron chi connectivity index (χ0n) is 12.7. The van der Waals surface area contributed by atoms with Gasteiger partial charge in [0.2, 0.25) is 5.91 Å². The molecule has 0 bridgehead atoms. The number of aldehydes is 1. The molecule has 0 aliphatic carbocycles. The molecule has 1 saturated heterocycles. The van der Waals surface area contributed by atoms with E-state index in [1.54, 1.807) is 0 Å². The highest BCUT2D eigenvalue weighted by molar-refractivity contribution is 5.80. The number of amides is 2. The Morgan fingerprint density at radius 2 is 2.13 bits per heavy atom. The minimum absolute atomic E-state index is 0.114. The molecule has 1 fully saturated rings. The first-order valence-corrected chi connectivity index (χ1v) is 7.47. The average Bonchev–Trinajstić information content (AvgIpc) is 3.08. The van der Waals surface area contributed by atoms with Crippen molar-refractivity contribution in [2.75, 3.05) is 19.6 Å². The zero-order chi connectivity index (χ0) is 16.7. The van der Waals surface area contributed by atoms with Crippen molar-refractivity contribution in [3.05, 3.63) is 35.9 Å². The van der Waals surface area contributed by atoms with Gasteiger partial charge in [-0.25, -0.2) is 4.79 Å². The van der Waals surface area contributed by atoms with Gasteiger partial charge < -0.3 is 24.9 Å².